The SMILES string of the molecule is O=C(OCC(=O)c1cc(Cl)ccc1Cl)c1cccc(S(=O)(=O)N2CCCCC2)c1. The molecule has 0 radical (unpaired) electrons. The second kappa shape index (κ2) is 9.26. The van der Waals surface area contributed by atoms with E-state index in [4.69, 9.17) is 27.9 Å². The summed E-state index contributed by atoms with van der Waals surface area (Å²) in [6.07, 6.45) is 2.63. The van der Waals surface area contributed by atoms with Gasteiger partial charge in [-0.2, -0.15) is 4.31 Å². The molecule has 0 spiro atoms. The average Bonchev–Trinajstić information content (AvgIpc) is 2.74. The average molecular weight is 456 g/mol. The van der Waals surface area contributed by atoms with Crippen molar-refractivity contribution in [2.24, 2.45) is 0 Å². The van der Waals surface area contributed by atoms with E-state index in [1.165, 1.54) is 40.7 Å². The molecule has 1 fully saturated rings. The fourth-order valence-corrected chi connectivity index (χ4v) is 5.00. The van der Waals surface area contributed by atoms with Crippen molar-refractivity contribution in [3.8, 4) is 0 Å². The van der Waals surface area contributed by atoms with Crippen LogP contribution in [0.2, 0.25) is 10.0 Å². The van der Waals surface area contributed by atoms with E-state index in [0.29, 0.717) is 18.1 Å². The number of Topliss-reactive ketones (excluding diaryl/α,β-unsaturated/α-hetero) is 1. The highest BCUT2D eigenvalue weighted by atomic mass is 35.5. The van der Waals surface area contributed by atoms with Crippen LogP contribution in [0.3, 0.4) is 0 Å². The van der Waals surface area contributed by atoms with Crippen LogP contribution in [0.5, 0.6) is 0 Å². The third-order valence-corrected chi connectivity index (χ3v) is 7.05. The molecule has 2 aromatic carbocycles. The van der Waals surface area contributed by atoms with Crippen molar-refractivity contribution in [2.75, 3.05) is 19.7 Å². The molecule has 0 bridgehead atoms. The van der Waals surface area contributed by atoms with Gasteiger partial charge in [0.05, 0.1) is 15.5 Å². The number of halogens is 2. The fourth-order valence-electron chi connectivity index (χ4n) is 3.04. The van der Waals surface area contributed by atoms with Crippen LogP contribution < -0.4 is 0 Å². The quantitative estimate of drug-likeness (QED) is 0.481. The summed E-state index contributed by atoms with van der Waals surface area (Å²) in [5.41, 5.74) is 0.196. The Hall–Kier alpha value is -1.93. The van der Waals surface area contributed by atoms with Gasteiger partial charge in [-0.1, -0.05) is 35.7 Å². The van der Waals surface area contributed by atoms with Crippen molar-refractivity contribution >= 4 is 45.0 Å². The molecular weight excluding hydrogens is 437 g/mol. The summed E-state index contributed by atoms with van der Waals surface area (Å²) < 4.78 is 32.0. The molecule has 0 atom stereocenters. The Balaban J connectivity index is 1.71. The summed E-state index contributed by atoms with van der Waals surface area (Å²) in [5.74, 6) is -1.31. The lowest BCUT2D eigenvalue weighted by Gasteiger charge is -2.25. The summed E-state index contributed by atoms with van der Waals surface area (Å²) in [7, 11) is -3.68. The zero-order valence-corrected chi connectivity index (χ0v) is 17.8. The van der Waals surface area contributed by atoms with Gasteiger partial charge in [0, 0.05) is 23.7 Å². The second-order valence-electron chi connectivity index (χ2n) is 6.62. The van der Waals surface area contributed by atoms with Crippen molar-refractivity contribution in [3.63, 3.8) is 0 Å². The summed E-state index contributed by atoms with van der Waals surface area (Å²) in [6, 6.07) is 10.0. The van der Waals surface area contributed by atoms with Gasteiger partial charge in [-0.3, -0.25) is 4.79 Å². The van der Waals surface area contributed by atoms with Gasteiger partial charge in [0.15, 0.2) is 6.61 Å². The van der Waals surface area contributed by atoms with Gasteiger partial charge in [0.1, 0.15) is 0 Å². The predicted octanol–water partition coefficient (Wildman–Crippen LogP) is 4.21. The highest BCUT2D eigenvalue weighted by molar-refractivity contribution is 7.89. The molecular formula is C20H19Cl2NO5S. The van der Waals surface area contributed by atoms with Crippen molar-refractivity contribution in [1.29, 1.82) is 0 Å². The minimum Gasteiger partial charge on any atom is -0.454 e. The number of piperidine rings is 1. The van der Waals surface area contributed by atoms with Gasteiger partial charge >= 0.3 is 5.97 Å². The lowest BCUT2D eigenvalue weighted by Crippen LogP contribution is -2.35. The van der Waals surface area contributed by atoms with Crippen LogP contribution in [0.15, 0.2) is 47.4 Å². The van der Waals surface area contributed by atoms with Gasteiger partial charge < -0.3 is 4.74 Å². The van der Waals surface area contributed by atoms with E-state index in [1.807, 2.05) is 0 Å². The Labute approximate surface area is 179 Å². The Morgan fingerprint density at radius 2 is 1.72 bits per heavy atom. The molecule has 3 rings (SSSR count). The van der Waals surface area contributed by atoms with E-state index in [2.05, 4.69) is 0 Å². The molecule has 1 aliphatic rings. The van der Waals surface area contributed by atoms with Crippen LogP contribution in [0.4, 0.5) is 0 Å². The summed E-state index contributed by atoms with van der Waals surface area (Å²) in [4.78, 5) is 24.6. The summed E-state index contributed by atoms with van der Waals surface area (Å²) in [6.45, 7) is 0.389. The maximum Gasteiger partial charge on any atom is 0.338 e. The number of sulfonamides is 1. The van der Waals surface area contributed by atoms with Crippen LogP contribution in [-0.2, 0) is 14.8 Å². The van der Waals surface area contributed by atoms with Crippen LogP contribution in [0.1, 0.15) is 40.0 Å². The van der Waals surface area contributed by atoms with Gasteiger partial charge in [-0.25, -0.2) is 13.2 Å². The molecule has 0 amide bonds. The lowest BCUT2D eigenvalue weighted by atomic mass is 10.1. The first kappa shape index (κ1) is 21.8. The van der Waals surface area contributed by atoms with Crippen LogP contribution in [-0.4, -0.2) is 44.2 Å². The molecule has 0 aromatic heterocycles. The fraction of sp³-hybridized carbons (Fsp3) is 0.300. The van der Waals surface area contributed by atoms with E-state index in [0.717, 1.165) is 19.3 Å². The van der Waals surface area contributed by atoms with Crippen molar-refractivity contribution in [2.45, 2.75) is 24.2 Å². The number of carbonyl (C=O) groups excluding carboxylic acids is 2. The molecule has 29 heavy (non-hydrogen) atoms. The summed E-state index contributed by atoms with van der Waals surface area (Å²) in [5, 5.41) is 0.532. The minimum absolute atomic E-state index is 0.0260. The highest BCUT2D eigenvalue weighted by Gasteiger charge is 2.26. The zero-order valence-electron chi connectivity index (χ0n) is 15.4. The molecule has 0 N–H and O–H groups in total. The Kier molecular flexibility index (Phi) is 6.95. The molecule has 1 heterocycles. The third-order valence-electron chi connectivity index (χ3n) is 4.59. The van der Waals surface area contributed by atoms with Gasteiger partial charge in [-0.05, 0) is 49.2 Å². The van der Waals surface area contributed by atoms with E-state index in [1.54, 1.807) is 6.07 Å². The molecule has 154 valence electrons. The topological polar surface area (TPSA) is 80.8 Å². The van der Waals surface area contributed by atoms with Gasteiger partial charge in [0.25, 0.3) is 0 Å². The number of rotatable bonds is 6. The molecule has 2 aromatic rings. The molecule has 0 unspecified atom stereocenters. The van der Waals surface area contributed by atoms with E-state index < -0.39 is 28.4 Å². The first-order chi connectivity index (χ1) is 13.8. The number of carbonyl (C=O) groups is 2. The van der Waals surface area contributed by atoms with Gasteiger partial charge in [-0.15, -0.1) is 0 Å². The number of benzene rings is 2. The number of hydrogen-bond donors (Lipinski definition) is 0. The van der Waals surface area contributed by atoms with E-state index in [-0.39, 0.29) is 21.0 Å². The van der Waals surface area contributed by atoms with Gasteiger partial charge in [0.2, 0.25) is 15.8 Å². The maximum absolute atomic E-state index is 12.8. The molecule has 0 aliphatic carbocycles. The molecule has 0 saturated carbocycles. The largest absolute Gasteiger partial charge is 0.454 e. The zero-order chi connectivity index (χ0) is 21.0. The normalized spacial score (nSPS) is 15.1. The number of nitrogens with zero attached hydrogens (tertiary/aromatic N) is 1. The molecule has 9 heteroatoms. The smallest absolute Gasteiger partial charge is 0.338 e. The maximum atomic E-state index is 12.8. The van der Waals surface area contributed by atoms with E-state index in [9.17, 15) is 18.0 Å². The van der Waals surface area contributed by atoms with Crippen LogP contribution in [0, 0.1) is 0 Å². The highest BCUT2D eigenvalue weighted by Crippen LogP contribution is 2.23. The molecule has 6 nitrogen and oxygen atoms in total. The predicted molar refractivity (Wildman–Crippen MR) is 110 cm³/mol. The minimum atomic E-state index is -3.68. The van der Waals surface area contributed by atoms with Crippen LogP contribution >= 0.6 is 23.2 Å². The molecule has 1 saturated heterocycles. The third kappa shape index (κ3) is 5.17. The van der Waals surface area contributed by atoms with Crippen molar-refractivity contribution in [1.82, 2.24) is 4.31 Å². The van der Waals surface area contributed by atoms with Crippen molar-refractivity contribution in [3.05, 3.63) is 63.6 Å². The van der Waals surface area contributed by atoms with E-state index >= 15 is 0 Å². The number of esters is 1. The summed E-state index contributed by atoms with van der Waals surface area (Å²) >= 11 is 11.8. The molecule has 1 aliphatic heterocycles. The number of hydrogen-bond acceptors (Lipinski definition) is 5. The Morgan fingerprint density at radius 3 is 2.45 bits per heavy atom. The Bertz CT molecular complexity index is 1030. The standard InChI is InChI=1S/C20H19Cl2NO5S/c21-15-7-8-18(22)17(12-15)19(24)13-28-20(25)14-5-4-6-16(11-14)29(26,27)23-9-2-1-3-10-23/h4-8,11-12H,1-3,9-10,13H2. The number of ether oxygens (including phenoxy) is 1. The first-order valence-electron chi connectivity index (χ1n) is 9.04. The van der Waals surface area contributed by atoms with Crippen LogP contribution in [0.25, 0.3) is 0 Å². The van der Waals surface area contributed by atoms with Crippen molar-refractivity contribution < 1.29 is 22.7 Å². The second-order valence-corrected chi connectivity index (χ2v) is 9.40. The first-order valence-corrected chi connectivity index (χ1v) is 11.2. The monoisotopic (exact) mass is 455 g/mol. The lowest BCUT2D eigenvalue weighted by molar-refractivity contribution is 0.0474. The number of ketones is 1. The Morgan fingerprint density at radius 1 is 1.00 bits per heavy atom.